The average Bonchev–Trinajstić information content (AvgIpc) is 2.92. The van der Waals surface area contributed by atoms with Gasteiger partial charge in [0.15, 0.2) is 0 Å². The number of hydrogen-bond acceptors (Lipinski definition) is 4. The second kappa shape index (κ2) is 5.15. The first-order valence-electron chi connectivity index (χ1n) is 6.13. The highest BCUT2D eigenvalue weighted by Crippen LogP contribution is 2.37. The van der Waals surface area contributed by atoms with Gasteiger partial charge in [0.1, 0.15) is 0 Å². The van der Waals surface area contributed by atoms with Gasteiger partial charge in [0.05, 0.1) is 11.7 Å². The van der Waals surface area contributed by atoms with E-state index in [1.807, 2.05) is 28.8 Å². The number of rotatable bonds is 1. The number of hydrogen-bond donors (Lipinski definition) is 1. The SMILES string of the molecule is CC1CSc2ccccc2N1C(=O)C1CSCN1. The molecule has 0 radical (unpaired) electrons. The minimum atomic E-state index is -0.0198. The summed E-state index contributed by atoms with van der Waals surface area (Å²) in [6, 6.07) is 8.45. The van der Waals surface area contributed by atoms with Crippen LogP contribution >= 0.6 is 23.5 Å². The van der Waals surface area contributed by atoms with Crippen molar-refractivity contribution in [3.8, 4) is 0 Å². The van der Waals surface area contributed by atoms with Crippen LogP contribution in [-0.2, 0) is 4.79 Å². The molecule has 1 fully saturated rings. The molecule has 0 saturated carbocycles. The van der Waals surface area contributed by atoms with E-state index in [4.69, 9.17) is 0 Å². The molecule has 5 heteroatoms. The van der Waals surface area contributed by atoms with Crippen molar-refractivity contribution in [2.75, 3.05) is 22.3 Å². The summed E-state index contributed by atoms with van der Waals surface area (Å²) < 4.78 is 0. The molecular formula is C13H16N2OS2. The molecule has 1 amide bonds. The van der Waals surface area contributed by atoms with E-state index in [1.54, 1.807) is 11.8 Å². The Bertz CT molecular complexity index is 460. The van der Waals surface area contributed by atoms with E-state index in [9.17, 15) is 4.79 Å². The molecule has 0 bridgehead atoms. The fourth-order valence-corrected chi connectivity index (χ4v) is 4.35. The third kappa shape index (κ3) is 2.15. The van der Waals surface area contributed by atoms with Crippen molar-refractivity contribution in [2.24, 2.45) is 0 Å². The number of carbonyl (C=O) groups is 1. The van der Waals surface area contributed by atoms with Crippen molar-refractivity contribution in [1.29, 1.82) is 0 Å². The topological polar surface area (TPSA) is 32.3 Å². The van der Waals surface area contributed by atoms with Crippen LogP contribution in [0.4, 0.5) is 5.69 Å². The van der Waals surface area contributed by atoms with E-state index >= 15 is 0 Å². The number of amides is 1. The van der Waals surface area contributed by atoms with Crippen molar-refractivity contribution in [3.05, 3.63) is 24.3 Å². The van der Waals surface area contributed by atoms with Crippen LogP contribution in [0.25, 0.3) is 0 Å². The summed E-state index contributed by atoms with van der Waals surface area (Å²) >= 11 is 3.63. The van der Waals surface area contributed by atoms with E-state index in [0.717, 1.165) is 23.1 Å². The van der Waals surface area contributed by atoms with E-state index in [2.05, 4.69) is 24.4 Å². The molecule has 3 nitrogen and oxygen atoms in total. The van der Waals surface area contributed by atoms with Crippen LogP contribution < -0.4 is 10.2 Å². The number of thioether (sulfide) groups is 2. The molecule has 0 spiro atoms. The Balaban J connectivity index is 1.92. The molecule has 3 rings (SSSR count). The lowest BCUT2D eigenvalue weighted by Gasteiger charge is -2.36. The summed E-state index contributed by atoms with van der Waals surface area (Å²) in [5.41, 5.74) is 1.07. The normalized spacial score (nSPS) is 27.1. The summed E-state index contributed by atoms with van der Waals surface area (Å²) in [6.45, 7) is 2.13. The summed E-state index contributed by atoms with van der Waals surface area (Å²) in [5, 5.41) is 3.27. The first-order chi connectivity index (χ1) is 8.77. The molecule has 2 aliphatic heterocycles. The zero-order valence-corrected chi connectivity index (χ0v) is 11.9. The zero-order chi connectivity index (χ0) is 12.5. The Morgan fingerprint density at radius 1 is 1.39 bits per heavy atom. The van der Waals surface area contributed by atoms with Crippen molar-refractivity contribution in [3.63, 3.8) is 0 Å². The Morgan fingerprint density at radius 3 is 3.00 bits per heavy atom. The van der Waals surface area contributed by atoms with Crippen molar-refractivity contribution >= 4 is 35.1 Å². The maximum absolute atomic E-state index is 12.6. The Morgan fingerprint density at radius 2 is 2.22 bits per heavy atom. The summed E-state index contributed by atoms with van der Waals surface area (Å²) in [4.78, 5) is 15.8. The fourth-order valence-electron chi connectivity index (χ4n) is 2.36. The van der Waals surface area contributed by atoms with Gasteiger partial charge in [0.25, 0.3) is 0 Å². The Labute approximate surface area is 116 Å². The lowest BCUT2D eigenvalue weighted by Crippen LogP contribution is -2.51. The van der Waals surface area contributed by atoms with Gasteiger partial charge in [-0.15, -0.1) is 23.5 Å². The second-order valence-electron chi connectivity index (χ2n) is 4.61. The molecule has 2 unspecified atom stereocenters. The number of para-hydroxylation sites is 1. The van der Waals surface area contributed by atoms with E-state index in [0.29, 0.717) is 0 Å². The lowest BCUT2D eigenvalue weighted by atomic mass is 10.2. The summed E-state index contributed by atoms with van der Waals surface area (Å²) in [7, 11) is 0. The molecule has 1 saturated heterocycles. The summed E-state index contributed by atoms with van der Waals surface area (Å²) in [5.74, 6) is 2.97. The highest BCUT2D eigenvalue weighted by Gasteiger charge is 2.34. The van der Waals surface area contributed by atoms with Gasteiger partial charge in [0, 0.05) is 28.3 Å². The molecule has 0 aliphatic carbocycles. The van der Waals surface area contributed by atoms with Gasteiger partial charge in [0.2, 0.25) is 5.91 Å². The molecule has 18 heavy (non-hydrogen) atoms. The van der Waals surface area contributed by atoms with Crippen LogP contribution in [0.3, 0.4) is 0 Å². The van der Waals surface area contributed by atoms with Crippen molar-refractivity contribution in [1.82, 2.24) is 5.32 Å². The third-order valence-corrected chi connectivity index (χ3v) is 5.54. The molecule has 2 heterocycles. The predicted molar refractivity (Wildman–Crippen MR) is 78.4 cm³/mol. The minimum absolute atomic E-state index is 0.0198. The van der Waals surface area contributed by atoms with E-state index in [-0.39, 0.29) is 18.0 Å². The summed E-state index contributed by atoms with van der Waals surface area (Å²) in [6.07, 6.45) is 0. The largest absolute Gasteiger partial charge is 0.306 e. The van der Waals surface area contributed by atoms with Crippen LogP contribution in [0.1, 0.15) is 6.92 Å². The van der Waals surface area contributed by atoms with Gasteiger partial charge in [-0.05, 0) is 19.1 Å². The van der Waals surface area contributed by atoms with Gasteiger partial charge >= 0.3 is 0 Å². The van der Waals surface area contributed by atoms with Crippen LogP contribution in [0.2, 0.25) is 0 Å². The highest BCUT2D eigenvalue weighted by molar-refractivity contribution is 7.99. The van der Waals surface area contributed by atoms with Crippen LogP contribution in [0.15, 0.2) is 29.2 Å². The number of nitrogens with zero attached hydrogens (tertiary/aromatic N) is 1. The second-order valence-corrected chi connectivity index (χ2v) is 6.70. The van der Waals surface area contributed by atoms with E-state index in [1.165, 1.54) is 4.90 Å². The Kier molecular flexibility index (Phi) is 3.54. The quantitative estimate of drug-likeness (QED) is 0.854. The van der Waals surface area contributed by atoms with Crippen LogP contribution in [0.5, 0.6) is 0 Å². The molecule has 1 aromatic rings. The standard InChI is InChI=1S/C13H16N2OS2/c1-9-6-18-12-5-3-2-4-11(12)15(9)13(16)10-7-17-8-14-10/h2-5,9-10,14H,6-8H2,1H3. The number of carbonyl (C=O) groups excluding carboxylic acids is 1. The maximum Gasteiger partial charge on any atom is 0.245 e. The number of benzene rings is 1. The molecule has 1 aromatic carbocycles. The minimum Gasteiger partial charge on any atom is -0.306 e. The first-order valence-corrected chi connectivity index (χ1v) is 8.27. The smallest absolute Gasteiger partial charge is 0.245 e. The molecule has 1 N–H and O–H groups in total. The predicted octanol–water partition coefficient (Wildman–Crippen LogP) is 2.18. The number of anilines is 1. The molecule has 2 atom stereocenters. The number of fused-ring (bicyclic) bond motifs is 1. The molecular weight excluding hydrogens is 264 g/mol. The van der Waals surface area contributed by atoms with Crippen LogP contribution in [-0.4, -0.2) is 35.4 Å². The van der Waals surface area contributed by atoms with Gasteiger partial charge in [-0.2, -0.15) is 0 Å². The Hall–Kier alpha value is -0.650. The fraction of sp³-hybridized carbons (Fsp3) is 0.462. The van der Waals surface area contributed by atoms with E-state index < -0.39 is 0 Å². The third-order valence-electron chi connectivity index (χ3n) is 3.30. The highest BCUT2D eigenvalue weighted by atomic mass is 32.2. The monoisotopic (exact) mass is 280 g/mol. The van der Waals surface area contributed by atoms with Gasteiger partial charge in [-0.25, -0.2) is 0 Å². The van der Waals surface area contributed by atoms with Gasteiger partial charge in [-0.1, -0.05) is 12.1 Å². The zero-order valence-electron chi connectivity index (χ0n) is 10.3. The van der Waals surface area contributed by atoms with Crippen LogP contribution in [0, 0.1) is 0 Å². The lowest BCUT2D eigenvalue weighted by molar-refractivity contribution is -0.120. The molecule has 96 valence electrons. The molecule has 2 aliphatic rings. The average molecular weight is 280 g/mol. The maximum atomic E-state index is 12.6. The molecule has 0 aromatic heterocycles. The van der Waals surface area contributed by atoms with Crippen molar-refractivity contribution < 1.29 is 4.79 Å². The van der Waals surface area contributed by atoms with Gasteiger partial charge < -0.3 is 4.90 Å². The van der Waals surface area contributed by atoms with Crippen molar-refractivity contribution in [2.45, 2.75) is 23.9 Å². The first kappa shape index (κ1) is 12.4. The van der Waals surface area contributed by atoms with Gasteiger partial charge in [-0.3, -0.25) is 10.1 Å². The number of nitrogens with one attached hydrogen (secondary N) is 1.